The van der Waals surface area contributed by atoms with Gasteiger partial charge in [0.25, 0.3) is 5.56 Å². The highest BCUT2D eigenvalue weighted by atomic mass is 79.9. The third-order valence-corrected chi connectivity index (χ3v) is 6.22. The van der Waals surface area contributed by atoms with Crippen molar-refractivity contribution in [3.8, 4) is 5.75 Å². The van der Waals surface area contributed by atoms with Gasteiger partial charge in [0.1, 0.15) is 11.2 Å². The Kier molecular flexibility index (Phi) is 4.66. The summed E-state index contributed by atoms with van der Waals surface area (Å²) < 4.78 is 8.19. The van der Waals surface area contributed by atoms with E-state index in [0.717, 1.165) is 30.2 Å². The van der Waals surface area contributed by atoms with Crippen molar-refractivity contribution >= 4 is 27.7 Å². The summed E-state index contributed by atoms with van der Waals surface area (Å²) in [4.78, 5) is 35.0. The van der Waals surface area contributed by atoms with Crippen LogP contribution in [0.3, 0.4) is 0 Å². The third kappa shape index (κ3) is 3.19. The standard InChI is InChI=1S/C17H22BrN3O4/c1-21-8-12(18)13(6-14(21)22)25-10-4-2-9(3-5-10)11-7-17(11,15(19)23)16(20)24/h6,8-11H,2-5,7H2,1H3,(H2,19,23)(H2,20,24). The zero-order valence-electron chi connectivity index (χ0n) is 14.0. The number of aryl methyl sites for hydroxylation is 1. The molecule has 1 aromatic rings. The van der Waals surface area contributed by atoms with Crippen LogP contribution < -0.4 is 21.8 Å². The van der Waals surface area contributed by atoms with Gasteiger partial charge in [-0.2, -0.15) is 0 Å². The summed E-state index contributed by atoms with van der Waals surface area (Å²) >= 11 is 3.41. The molecule has 2 aliphatic rings. The maximum absolute atomic E-state index is 11.8. The van der Waals surface area contributed by atoms with Crippen LogP contribution in [0.2, 0.25) is 0 Å². The highest BCUT2D eigenvalue weighted by Gasteiger charge is 2.66. The molecule has 0 radical (unpaired) electrons. The molecule has 1 atom stereocenters. The van der Waals surface area contributed by atoms with Gasteiger partial charge in [-0.1, -0.05) is 0 Å². The number of nitrogens with zero attached hydrogens (tertiary/aromatic N) is 1. The summed E-state index contributed by atoms with van der Waals surface area (Å²) in [6.07, 6.45) is 5.46. The Labute approximate surface area is 153 Å². The molecule has 0 saturated heterocycles. The second-order valence-electron chi connectivity index (χ2n) is 7.10. The fraction of sp³-hybridized carbons (Fsp3) is 0.588. The van der Waals surface area contributed by atoms with Crippen molar-refractivity contribution in [2.45, 2.75) is 38.2 Å². The van der Waals surface area contributed by atoms with E-state index in [-0.39, 0.29) is 23.5 Å². The zero-order valence-corrected chi connectivity index (χ0v) is 15.6. The number of ether oxygens (including phenoxy) is 1. The lowest BCUT2D eigenvalue weighted by Gasteiger charge is -2.30. The number of rotatable bonds is 5. The maximum Gasteiger partial charge on any atom is 0.254 e. The van der Waals surface area contributed by atoms with Crippen LogP contribution in [0.25, 0.3) is 0 Å². The van der Waals surface area contributed by atoms with Crippen LogP contribution in [0.15, 0.2) is 21.5 Å². The van der Waals surface area contributed by atoms with E-state index < -0.39 is 17.2 Å². The lowest BCUT2D eigenvalue weighted by molar-refractivity contribution is -0.134. The topological polar surface area (TPSA) is 117 Å². The van der Waals surface area contributed by atoms with Gasteiger partial charge >= 0.3 is 0 Å². The van der Waals surface area contributed by atoms with E-state index in [1.165, 1.54) is 10.6 Å². The van der Waals surface area contributed by atoms with Crippen molar-refractivity contribution in [2.24, 2.45) is 35.8 Å². The van der Waals surface area contributed by atoms with Gasteiger partial charge in [0.2, 0.25) is 11.8 Å². The Morgan fingerprint density at radius 2 is 1.84 bits per heavy atom. The van der Waals surface area contributed by atoms with Gasteiger partial charge in [-0.05, 0) is 59.9 Å². The molecule has 1 unspecified atom stereocenters. The van der Waals surface area contributed by atoms with E-state index in [1.54, 1.807) is 13.2 Å². The molecule has 2 amide bonds. The highest BCUT2D eigenvalue weighted by Crippen LogP contribution is 2.59. The van der Waals surface area contributed by atoms with Gasteiger partial charge in [0.15, 0.2) is 0 Å². The maximum atomic E-state index is 11.8. The van der Waals surface area contributed by atoms with Crippen LogP contribution in [0.5, 0.6) is 5.75 Å². The van der Waals surface area contributed by atoms with Crippen molar-refractivity contribution in [3.05, 3.63) is 27.1 Å². The molecule has 0 aliphatic heterocycles. The lowest BCUT2D eigenvalue weighted by atomic mass is 9.81. The predicted octanol–water partition coefficient (Wildman–Crippen LogP) is 1.06. The van der Waals surface area contributed by atoms with E-state index in [4.69, 9.17) is 16.2 Å². The fourth-order valence-corrected chi connectivity index (χ4v) is 4.52. The van der Waals surface area contributed by atoms with E-state index >= 15 is 0 Å². The minimum Gasteiger partial charge on any atom is -0.489 e. The molecule has 1 heterocycles. The average molecular weight is 412 g/mol. The molecule has 2 saturated carbocycles. The molecule has 7 nitrogen and oxygen atoms in total. The Hall–Kier alpha value is -1.83. The highest BCUT2D eigenvalue weighted by molar-refractivity contribution is 9.10. The molecule has 2 fully saturated rings. The number of aromatic nitrogens is 1. The number of halogens is 1. The van der Waals surface area contributed by atoms with Gasteiger partial charge in [0, 0.05) is 19.3 Å². The first-order valence-electron chi connectivity index (χ1n) is 8.38. The van der Waals surface area contributed by atoms with Crippen molar-refractivity contribution in [3.63, 3.8) is 0 Å². The number of primary amides is 2. The summed E-state index contributed by atoms with van der Waals surface area (Å²) in [5, 5.41) is 0. The molecule has 136 valence electrons. The zero-order chi connectivity index (χ0) is 18.4. The first-order chi connectivity index (χ1) is 11.8. The van der Waals surface area contributed by atoms with Crippen LogP contribution in [0.4, 0.5) is 0 Å². The number of amides is 2. The molecule has 8 heteroatoms. The quantitative estimate of drug-likeness (QED) is 0.704. The van der Waals surface area contributed by atoms with Crippen LogP contribution >= 0.6 is 15.9 Å². The summed E-state index contributed by atoms with van der Waals surface area (Å²) in [7, 11) is 1.68. The van der Waals surface area contributed by atoms with Crippen LogP contribution in [0, 0.1) is 17.3 Å². The van der Waals surface area contributed by atoms with Gasteiger partial charge in [-0.3, -0.25) is 14.4 Å². The molecular formula is C17H22BrN3O4. The molecule has 1 aromatic heterocycles. The van der Waals surface area contributed by atoms with Crippen LogP contribution in [0.1, 0.15) is 32.1 Å². The molecule has 25 heavy (non-hydrogen) atoms. The van der Waals surface area contributed by atoms with Gasteiger partial charge in [-0.15, -0.1) is 0 Å². The summed E-state index contributed by atoms with van der Waals surface area (Å²) in [5.41, 5.74) is 9.53. The summed E-state index contributed by atoms with van der Waals surface area (Å²) in [6.45, 7) is 0. The van der Waals surface area contributed by atoms with E-state index in [9.17, 15) is 14.4 Å². The first kappa shape index (κ1) is 18.0. The molecule has 0 bridgehead atoms. The molecule has 3 rings (SSSR count). The van der Waals surface area contributed by atoms with E-state index in [1.807, 2.05) is 0 Å². The largest absolute Gasteiger partial charge is 0.489 e. The van der Waals surface area contributed by atoms with Gasteiger partial charge in [0.05, 0.1) is 10.6 Å². The van der Waals surface area contributed by atoms with Crippen LogP contribution in [-0.2, 0) is 16.6 Å². The lowest BCUT2D eigenvalue weighted by Crippen LogP contribution is -2.40. The van der Waals surface area contributed by atoms with Crippen molar-refractivity contribution in [1.82, 2.24) is 4.57 Å². The molecule has 2 aliphatic carbocycles. The summed E-state index contributed by atoms with van der Waals surface area (Å²) in [6, 6.07) is 1.47. The Balaban J connectivity index is 1.60. The minimum absolute atomic E-state index is 0.00922. The van der Waals surface area contributed by atoms with Gasteiger partial charge in [-0.25, -0.2) is 0 Å². The minimum atomic E-state index is -1.15. The molecule has 4 N–H and O–H groups in total. The van der Waals surface area contributed by atoms with E-state index in [2.05, 4.69) is 15.9 Å². The number of nitrogens with two attached hydrogens (primary N) is 2. The second-order valence-corrected chi connectivity index (χ2v) is 7.95. The van der Waals surface area contributed by atoms with Crippen molar-refractivity contribution < 1.29 is 14.3 Å². The van der Waals surface area contributed by atoms with Crippen molar-refractivity contribution in [1.29, 1.82) is 0 Å². The molecule has 0 aromatic carbocycles. The molecule has 0 spiro atoms. The predicted molar refractivity (Wildman–Crippen MR) is 94.7 cm³/mol. The number of hydrogen-bond acceptors (Lipinski definition) is 4. The number of pyridine rings is 1. The Morgan fingerprint density at radius 3 is 2.36 bits per heavy atom. The average Bonchev–Trinajstić information content (AvgIpc) is 3.30. The SMILES string of the molecule is Cn1cc(Br)c(OC2CCC(C3CC3(C(N)=O)C(N)=O)CC2)cc1=O. The Morgan fingerprint density at radius 1 is 1.24 bits per heavy atom. The first-order valence-corrected chi connectivity index (χ1v) is 9.17. The number of carbonyl (C=O) groups is 2. The Bertz CT molecular complexity index is 754. The van der Waals surface area contributed by atoms with E-state index in [0.29, 0.717) is 12.2 Å². The number of hydrogen-bond donors (Lipinski definition) is 2. The van der Waals surface area contributed by atoms with Crippen LogP contribution in [-0.4, -0.2) is 22.5 Å². The molecular weight excluding hydrogens is 390 g/mol. The fourth-order valence-electron chi connectivity index (χ4n) is 4.00. The summed E-state index contributed by atoms with van der Waals surface area (Å²) in [5.74, 6) is -0.451. The smallest absolute Gasteiger partial charge is 0.254 e. The third-order valence-electron chi connectivity index (χ3n) is 5.62. The number of carbonyl (C=O) groups excluding carboxylic acids is 2. The van der Waals surface area contributed by atoms with Gasteiger partial charge < -0.3 is 20.8 Å². The van der Waals surface area contributed by atoms with Crippen molar-refractivity contribution in [2.75, 3.05) is 0 Å². The second kappa shape index (κ2) is 6.48. The monoisotopic (exact) mass is 411 g/mol. The normalized spacial score (nSPS) is 27.5.